The maximum Gasteiger partial charge on any atom is 0.274 e. The Kier molecular flexibility index (Phi) is 4.72. The van der Waals surface area contributed by atoms with Crippen molar-refractivity contribution in [3.05, 3.63) is 78.6 Å². The minimum atomic E-state index is -0.295. The summed E-state index contributed by atoms with van der Waals surface area (Å²) in [5.41, 5.74) is 2.66. The first-order chi connectivity index (χ1) is 11.8. The number of benzene rings is 2. The second-order valence-corrected chi connectivity index (χ2v) is 5.08. The lowest BCUT2D eigenvalue weighted by molar-refractivity contribution is 0.102. The number of ether oxygens (including phenoxy) is 1. The van der Waals surface area contributed by atoms with Crippen molar-refractivity contribution in [1.82, 2.24) is 4.98 Å². The Labute approximate surface area is 140 Å². The predicted octanol–water partition coefficient (Wildman–Crippen LogP) is 4.09. The van der Waals surface area contributed by atoms with Gasteiger partial charge in [-0.2, -0.15) is 0 Å². The zero-order valence-corrected chi connectivity index (χ0v) is 13.2. The summed E-state index contributed by atoms with van der Waals surface area (Å²) >= 11 is 0. The number of carbonyl (C=O) groups is 1. The lowest BCUT2D eigenvalue weighted by Gasteiger charge is -2.10. The van der Waals surface area contributed by atoms with Crippen LogP contribution in [0.25, 0.3) is 0 Å². The zero-order valence-electron chi connectivity index (χ0n) is 13.2. The first-order valence-electron chi connectivity index (χ1n) is 7.49. The lowest BCUT2D eigenvalue weighted by Crippen LogP contribution is -2.14. The number of hydrogen-bond donors (Lipinski definition) is 2. The second-order valence-electron chi connectivity index (χ2n) is 5.08. The number of nitrogens with one attached hydrogen (secondary N) is 2. The summed E-state index contributed by atoms with van der Waals surface area (Å²) in [6, 6.07) is 20.5. The van der Waals surface area contributed by atoms with Crippen molar-refractivity contribution in [3.63, 3.8) is 0 Å². The third-order valence-electron chi connectivity index (χ3n) is 3.41. The van der Waals surface area contributed by atoms with Gasteiger partial charge < -0.3 is 15.4 Å². The molecule has 0 fully saturated rings. The average Bonchev–Trinajstić information content (AvgIpc) is 2.63. The van der Waals surface area contributed by atoms with E-state index in [1.807, 2.05) is 48.5 Å². The van der Waals surface area contributed by atoms with E-state index in [0.717, 1.165) is 11.4 Å². The SMILES string of the molecule is COc1ccccc1NC(=O)c1cc(Nc2ccccc2)ccn1. The normalized spacial score (nSPS) is 10.0. The summed E-state index contributed by atoms with van der Waals surface area (Å²) in [6.07, 6.45) is 1.60. The zero-order chi connectivity index (χ0) is 16.8. The molecule has 0 aliphatic heterocycles. The number of aromatic nitrogens is 1. The Hall–Kier alpha value is -3.34. The summed E-state index contributed by atoms with van der Waals surface area (Å²) in [4.78, 5) is 16.6. The smallest absolute Gasteiger partial charge is 0.274 e. The van der Waals surface area contributed by atoms with Crippen LogP contribution in [0.3, 0.4) is 0 Å². The number of nitrogens with zero attached hydrogens (tertiary/aromatic N) is 1. The van der Waals surface area contributed by atoms with Gasteiger partial charge in [-0.15, -0.1) is 0 Å². The Bertz CT molecular complexity index is 835. The van der Waals surface area contributed by atoms with Gasteiger partial charge >= 0.3 is 0 Å². The van der Waals surface area contributed by atoms with Crippen LogP contribution >= 0.6 is 0 Å². The van der Waals surface area contributed by atoms with E-state index in [2.05, 4.69) is 15.6 Å². The molecule has 0 aliphatic carbocycles. The van der Waals surface area contributed by atoms with E-state index in [-0.39, 0.29) is 5.91 Å². The van der Waals surface area contributed by atoms with Gasteiger partial charge in [-0.25, -0.2) is 0 Å². The van der Waals surface area contributed by atoms with Crippen molar-refractivity contribution in [1.29, 1.82) is 0 Å². The number of amides is 1. The van der Waals surface area contributed by atoms with Gasteiger partial charge in [0.2, 0.25) is 0 Å². The number of carbonyl (C=O) groups excluding carboxylic acids is 1. The van der Waals surface area contributed by atoms with E-state index in [1.165, 1.54) is 0 Å². The molecule has 120 valence electrons. The standard InChI is InChI=1S/C19H17N3O2/c1-24-18-10-6-5-9-16(18)22-19(23)17-13-15(11-12-20-17)21-14-7-3-2-4-8-14/h2-13H,1H3,(H,20,21)(H,22,23). The first-order valence-corrected chi connectivity index (χ1v) is 7.49. The maximum absolute atomic E-state index is 12.4. The van der Waals surface area contributed by atoms with E-state index < -0.39 is 0 Å². The van der Waals surface area contributed by atoms with E-state index >= 15 is 0 Å². The molecule has 2 N–H and O–H groups in total. The van der Waals surface area contributed by atoms with Gasteiger partial charge in [0.15, 0.2) is 0 Å². The van der Waals surface area contributed by atoms with Gasteiger partial charge in [-0.3, -0.25) is 9.78 Å². The largest absolute Gasteiger partial charge is 0.495 e. The minimum Gasteiger partial charge on any atom is -0.495 e. The quantitative estimate of drug-likeness (QED) is 0.743. The summed E-state index contributed by atoms with van der Waals surface area (Å²) in [7, 11) is 1.56. The van der Waals surface area contributed by atoms with Gasteiger partial charge in [0.1, 0.15) is 11.4 Å². The molecule has 2 aromatic carbocycles. The molecule has 0 radical (unpaired) electrons. The van der Waals surface area contributed by atoms with E-state index in [4.69, 9.17) is 4.74 Å². The van der Waals surface area contributed by atoms with Crippen molar-refractivity contribution in [2.24, 2.45) is 0 Å². The molecular formula is C19H17N3O2. The average molecular weight is 319 g/mol. The summed E-state index contributed by atoms with van der Waals surface area (Å²) in [5, 5.41) is 6.06. The van der Waals surface area contributed by atoms with E-state index in [1.54, 1.807) is 31.5 Å². The van der Waals surface area contributed by atoms with Crippen molar-refractivity contribution >= 4 is 23.0 Å². The van der Waals surface area contributed by atoms with Crippen molar-refractivity contribution in [3.8, 4) is 5.75 Å². The van der Waals surface area contributed by atoms with Crippen LogP contribution in [0.15, 0.2) is 72.9 Å². The summed E-state index contributed by atoms with van der Waals surface area (Å²) < 4.78 is 5.24. The van der Waals surface area contributed by atoms with Gasteiger partial charge in [-0.05, 0) is 36.4 Å². The van der Waals surface area contributed by atoms with Crippen LogP contribution in [0.4, 0.5) is 17.1 Å². The molecule has 1 amide bonds. The molecule has 0 atom stereocenters. The van der Waals surface area contributed by atoms with Crippen molar-refractivity contribution < 1.29 is 9.53 Å². The van der Waals surface area contributed by atoms with Crippen LogP contribution in [0.5, 0.6) is 5.75 Å². The van der Waals surface area contributed by atoms with Gasteiger partial charge in [0.25, 0.3) is 5.91 Å². The van der Waals surface area contributed by atoms with Crippen LogP contribution < -0.4 is 15.4 Å². The molecule has 0 aliphatic rings. The predicted molar refractivity (Wildman–Crippen MR) is 94.9 cm³/mol. The molecule has 0 saturated carbocycles. The van der Waals surface area contributed by atoms with Crippen molar-refractivity contribution in [2.75, 3.05) is 17.7 Å². The summed E-state index contributed by atoms with van der Waals surface area (Å²) in [5.74, 6) is 0.306. The van der Waals surface area contributed by atoms with Gasteiger partial charge in [-0.1, -0.05) is 30.3 Å². The van der Waals surface area contributed by atoms with Gasteiger partial charge in [0, 0.05) is 17.6 Å². The highest BCUT2D eigenvalue weighted by Crippen LogP contribution is 2.24. The Morgan fingerprint density at radius 2 is 1.71 bits per heavy atom. The number of anilines is 3. The monoisotopic (exact) mass is 319 g/mol. The van der Waals surface area contributed by atoms with Crippen LogP contribution in [0, 0.1) is 0 Å². The Balaban J connectivity index is 1.77. The molecule has 5 heteroatoms. The third-order valence-corrected chi connectivity index (χ3v) is 3.41. The van der Waals surface area contributed by atoms with Crippen LogP contribution in [-0.2, 0) is 0 Å². The highest BCUT2D eigenvalue weighted by atomic mass is 16.5. The highest BCUT2D eigenvalue weighted by Gasteiger charge is 2.11. The fourth-order valence-corrected chi connectivity index (χ4v) is 2.25. The molecule has 1 aromatic heterocycles. The molecule has 0 bridgehead atoms. The summed E-state index contributed by atoms with van der Waals surface area (Å²) in [6.45, 7) is 0. The minimum absolute atomic E-state index is 0.295. The van der Waals surface area contributed by atoms with Crippen LogP contribution in [-0.4, -0.2) is 18.0 Å². The molecule has 3 aromatic rings. The lowest BCUT2D eigenvalue weighted by atomic mass is 10.2. The number of hydrogen-bond acceptors (Lipinski definition) is 4. The molecule has 0 spiro atoms. The Morgan fingerprint density at radius 3 is 2.50 bits per heavy atom. The number of methoxy groups -OCH3 is 1. The molecule has 0 unspecified atom stereocenters. The topological polar surface area (TPSA) is 63.2 Å². The molecule has 24 heavy (non-hydrogen) atoms. The molecule has 3 rings (SSSR count). The van der Waals surface area contributed by atoms with Crippen molar-refractivity contribution in [2.45, 2.75) is 0 Å². The fourth-order valence-electron chi connectivity index (χ4n) is 2.25. The number of rotatable bonds is 5. The molecule has 5 nitrogen and oxygen atoms in total. The third kappa shape index (κ3) is 3.70. The molecular weight excluding hydrogens is 302 g/mol. The van der Waals surface area contributed by atoms with Crippen LogP contribution in [0.1, 0.15) is 10.5 Å². The van der Waals surface area contributed by atoms with E-state index in [0.29, 0.717) is 17.1 Å². The number of pyridine rings is 1. The fraction of sp³-hybridized carbons (Fsp3) is 0.0526. The molecule has 1 heterocycles. The first kappa shape index (κ1) is 15.6. The van der Waals surface area contributed by atoms with Gasteiger partial charge in [0.05, 0.1) is 12.8 Å². The second kappa shape index (κ2) is 7.28. The molecule has 0 saturated heterocycles. The Morgan fingerprint density at radius 1 is 0.958 bits per heavy atom. The number of para-hydroxylation sites is 3. The van der Waals surface area contributed by atoms with Crippen LogP contribution in [0.2, 0.25) is 0 Å². The van der Waals surface area contributed by atoms with E-state index in [9.17, 15) is 4.79 Å². The maximum atomic E-state index is 12.4. The highest BCUT2D eigenvalue weighted by molar-refractivity contribution is 6.04.